The predicted octanol–water partition coefficient (Wildman–Crippen LogP) is 2.75. The molecule has 2 aromatic heterocycles. The van der Waals surface area contributed by atoms with Gasteiger partial charge in [0.25, 0.3) is 0 Å². The van der Waals surface area contributed by atoms with Crippen molar-refractivity contribution in [1.82, 2.24) is 24.6 Å². The molecule has 0 amide bonds. The Hall–Kier alpha value is -2.14. The largest absolute Gasteiger partial charge is 0.342 e. The minimum Gasteiger partial charge on any atom is -0.342 e. The van der Waals surface area contributed by atoms with E-state index >= 15 is 0 Å². The Morgan fingerprint density at radius 1 is 1.26 bits per heavy atom. The van der Waals surface area contributed by atoms with E-state index in [1.165, 1.54) is 25.1 Å². The molecule has 1 aliphatic heterocycles. The van der Waals surface area contributed by atoms with Gasteiger partial charge in [-0.3, -0.25) is 9.58 Å². The molecule has 0 aliphatic carbocycles. The average Bonchev–Trinajstić information content (AvgIpc) is 3.13. The van der Waals surface area contributed by atoms with E-state index in [-0.39, 0.29) is 0 Å². The molecule has 0 radical (unpaired) electrons. The minimum atomic E-state index is 0.678. The maximum atomic E-state index is 4.73. The molecule has 0 spiro atoms. The van der Waals surface area contributed by atoms with Crippen molar-refractivity contribution in [3.63, 3.8) is 0 Å². The summed E-state index contributed by atoms with van der Waals surface area (Å²) in [5.41, 5.74) is 3.50. The molecule has 0 saturated carbocycles. The first-order valence-corrected chi connectivity index (χ1v) is 8.41. The Bertz CT molecular complexity index is 754. The van der Waals surface area contributed by atoms with Crippen molar-refractivity contribution in [3.8, 4) is 0 Å². The molecule has 0 bridgehead atoms. The number of likely N-dealkylation sites (tertiary alicyclic amines) is 1. The third kappa shape index (κ3) is 3.15. The normalized spacial score (nSPS) is 19.4. The van der Waals surface area contributed by atoms with Crippen LogP contribution in [0.5, 0.6) is 0 Å². The van der Waals surface area contributed by atoms with Crippen molar-refractivity contribution >= 4 is 11.0 Å². The van der Waals surface area contributed by atoms with Crippen LogP contribution in [0.2, 0.25) is 0 Å². The lowest BCUT2D eigenvalue weighted by Gasteiger charge is -2.32. The maximum Gasteiger partial charge on any atom is 0.107 e. The minimum absolute atomic E-state index is 0.678. The first-order chi connectivity index (χ1) is 11.3. The molecule has 3 heterocycles. The van der Waals surface area contributed by atoms with Gasteiger partial charge >= 0.3 is 0 Å². The number of fused-ring (bicyclic) bond motifs is 1. The quantitative estimate of drug-likeness (QED) is 0.806. The molecule has 1 fully saturated rings. The fraction of sp³-hybridized carbons (Fsp3) is 0.444. The van der Waals surface area contributed by atoms with Gasteiger partial charge in [0.2, 0.25) is 0 Å². The maximum absolute atomic E-state index is 4.73. The standard InChI is InChI=1S/C18H23N5/c1-22-15(8-9-19-22)13-23-10-4-5-14(12-23)11-18-20-16-6-2-3-7-17(16)21-18/h2-3,6-9,14H,4-5,10-13H2,1H3,(H,20,21). The third-order valence-electron chi connectivity index (χ3n) is 4.83. The van der Waals surface area contributed by atoms with Crippen LogP contribution in [0, 0.1) is 5.92 Å². The van der Waals surface area contributed by atoms with E-state index in [2.05, 4.69) is 39.2 Å². The van der Waals surface area contributed by atoms with E-state index in [4.69, 9.17) is 4.98 Å². The number of imidazole rings is 1. The summed E-state index contributed by atoms with van der Waals surface area (Å²) in [6.45, 7) is 3.32. The smallest absolute Gasteiger partial charge is 0.107 e. The highest BCUT2D eigenvalue weighted by atomic mass is 15.3. The lowest BCUT2D eigenvalue weighted by atomic mass is 9.94. The fourth-order valence-corrected chi connectivity index (χ4v) is 3.62. The van der Waals surface area contributed by atoms with Crippen LogP contribution in [-0.2, 0) is 20.0 Å². The zero-order valence-electron chi connectivity index (χ0n) is 13.6. The van der Waals surface area contributed by atoms with Crippen molar-refractivity contribution in [2.45, 2.75) is 25.8 Å². The van der Waals surface area contributed by atoms with Gasteiger partial charge in [0, 0.05) is 32.8 Å². The zero-order chi connectivity index (χ0) is 15.6. The van der Waals surface area contributed by atoms with E-state index in [1.54, 1.807) is 0 Å². The Morgan fingerprint density at radius 2 is 2.17 bits per heavy atom. The van der Waals surface area contributed by atoms with Crippen molar-refractivity contribution in [2.24, 2.45) is 13.0 Å². The van der Waals surface area contributed by atoms with Crippen LogP contribution in [-0.4, -0.2) is 37.7 Å². The number of hydrogen-bond acceptors (Lipinski definition) is 3. The summed E-state index contributed by atoms with van der Waals surface area (Å²) in [5, 5.41) is 4.27. The summed E-state index contributed by atoms with van der Waals surface area (Å²) in [5.74, 6) is 1.80. The number of hydrogen-bond donors (Lipinski definition) is 1. The molecule has 5 heteroatoms. The summed E-state index contributed by atoms with van der Waals surface area (Å²) in [6, 6.07) is 10.4. The predicted molar refractivity (Wildman–Crippen MR) is 91.0 cm³/mol. The van der Waals surface area contributed by atoms with Crippen LogP contribution < -0.4 is 0 Å². The number of nitrogens with one attached hydrogen (secondary N) is 1. The molecule has 1 aliphatic rings. The van der Waals surface area contributed by atoms with Gasteiger partial charge in [-0.15, -0.1) is 0 Å². The lowest BCUT2D eigenvalue weighted by molar-refractivity contribution is 0.162. The highest BCUT2D eigenvalue weighted by molar-refractivity contribution is 5.74. The number of benzene rings is 1. The van der Waals surface area contributed by atoms with Crippen LogP contribution >= 0.6 is 0 Å². The van der Waals surface area contributed by atoms with Crippen LogP contribution in [0.3, 0.4) is 0 Å². The van der Waals surface area contributed by atoms with Gasteiger partial charge in [0.15, 0.2) is 0 Å². The first kappa shape index (κ1) is 14.5. The number of aromatic amines is 1. The molecule has 1 atom stereocenters. The monoisotopic (exact) mass is 309 g/mol. The second-order valence-electron chi connectivity index (χ2n) is 6.59. The summed E-state index contributed by atoms with van der Waals surface area (Å²) in [6.07, 6.45) is 5.48. The molecule has 1 saturated heterocycles. The molecule has 23 heavy (non-hydrogen) atoms. The Labute approximate surface area is 136 Å². The molecule has 5 nitrogen and oxygen atoms in total. The highest BCUT2D eigenvalue weighted by Crippen LogP contribution is 2.22. The molecular formula is C18H23N5. The van der Waals surface area contributed by atoms with Crippen LogP contribution in [0.1, 0.15) is 24.4 Å². The van der Waals surface area contributed by atoms with E-state index in [0.29, 0.717) is 5.92 Å². The topological polar surface area (TPSA) is 49.7 Å². The number of para-hydroxylation sites is 2. The fourth-order valence-electron chi connectivity index (χ4n) is 3.62. The third-order valence-corrected chi connectivity index (χ3v) is 4.83. The van der Waals surface area contributed by atoms with E-state index in [1.807, 2.05) is 24.0 Å². The van der Waals surface area contributed by atoms with E-state index in [0.717, 1.165) is 36.4 Å². The van der Waals surface area contributed by atoms with Crippen molar-refractivity contribution in [2.75, 3.05) is 13.1 Å². The molecule has 3 aromatic rings. The summed E-state index contributed by atoms with van der Waals surface area (Å²) >= 11 is 0. The summed E-state index contributed by atoms with van der Waals surface area (Å²) < 4.78 is 1.98. The Kier molecular flexibility index (Phi) is 3.87. The van der Waals surface area contributed by atoms with Crippen molar-refractivity contribution in [1.29, 1.82) is 0 Å². The van der Waals surface area contributed by atoms with Crippen molar-refractivity contribution in [3.05, 3.63) is 48.0 Å². The number of rotatable bonds is 4. The molecule has 1 aromatic carbocycles. The van der Waals surface area contributed by atoms with Gasteiger partial charge in [-0.05, 0) is 43.5 Å². The number of aryl methyl sites for hydroxylation is 1. The molecule has 120 valence electrons. The Morgan fingerprint density at radius 3 is 3.00 bits per heavy atom. The van der Waals surface area contributed by atoms with Gasteiger partial charge in [0.1, 0.15) is 5.82 Å². The molecule has 1 N–H and O–H groups in total. The lowest BCUT2D eigenvalue weighted by Crippen LogP contribution is -2.36. The van der Waals surface area contributed by atoms with E-state index in [9.17, 15) is 0 Å². The number of nitrogens with zero attached hydrogens (tertiary/aromatic N) is 4. The molecular weight excluding hydrogens is 286 g/mol. The van der Waals surface area contributed by atoms with E-state index < -0.39 is 0 Å². The summed E-state index contributed by atoms with van der Waals surface area (Å²) in [7, 11) is 2.02. The van der Waals surface area contributed by atoms with Gasteiger partial charge in [-0.25, -0.2) is 4.98 Å². The number of aromatic nitrogens is 4. The van der Waals surface area contributed by atoms with Crippen LogP contribution in [0.4, 0.5) is 0 Å². The second kappa shape index (κ2) is 6.16. The highest BCUT2D eigenvalue weighted by Gasteiger charge is 2.22. The number of piperidine rings is 1. The number of H-pyrrole nitrogens is 1. The molecule has 4 rings (SSSR count). The van der Waals surface area contributed by atoms with Crippen LogP contribution in [0.25, 0.3) is 11.0 Å². The van der Waals surface area contributed by atoms with Gasteiger partial charge in [-0.2, -0.15) is 5.10 Å². The summed E-state index contributed by atoms with van der Waals surface area (Å²) in [4.78, 5) is 10.8. The second-order valence-corrected chi connectivity index (χ2v) is 6.59. The van der Waals surface area contributed by atoms with Crippen molar-refractivity contribution < 1.29 is 0 Å². The van der Waals surface area contributed by atoms with Gasteiger partial charge in [0.05, 0.1) is 16.7 Å². The van der Waals surface area contributed by atoms with Gasteiger partial charge < -0.3 is 4.98 Å². The van der Waals surface area contributed by atoms with Gasteiger partial charge in [-0.1, -0.05) is 12.1 Å². The SMILES string of the molecule is Cn1nccc1CN1CCCC(Cc2nc3ccccc3[nH]2)C1. The van der Waals surface area contributed by atoms with Crippen LogP contribution in [0.15, 0.2) is 36.5 Å². The molecule has 1 unspecified atom stereocenters. The first-order valence-electron chi connectivity index (χ1n) is 8.41. The average molecular weight is 309 g/mol. The zero-order valence-corrected chi connectivity index (χ0v) is 13.6. The Balaban J connectivity index is 1.42.